The molecule has 0 heterocycles. The van der Waals surface area contributed by atoms with Crippen molar-refractivity contribution in [2.75, 3.05) is 26.6 Å². The van der Waals surface area contributed by atoms with Gasteiger partial charge < -0.3 is 14.8 Å². The number of carbonyl (C=O) groups excluding carboxylic acids is 1. The van der Waals surface area contributed by atoms with Crippen LogP contribution in [0.1, 0.15) is 28.3 Å². The lowest BCUT2D eigenvalue weighted by Crippen LogP contribution is -2.34. The SMILES string of the molecule is COc1ccc(CN(C)[C@H](C(=O)Nc2cc(C)ccc2C)c2ccccc2)c(OC)c1. The predicted octanol–water partition coefficient (Wildman–Crippen LogP) is 5.13. The lowest BCUT2D eigenvalue weighted by molar-refractivity contribution is -0.121. The Hall–Kier alpha value is -3.31. The lowest BCUT2D eigenvalue weighted by atomic mass is 10.0. The standard InChI is InChI=1S/C26H30N2O3/c1-18-11-12-19(2)23(15-18)27-26(29)25(20-9-7-6-8-10-20)28(3)17-21-13-14-22(30-4)16-24(21)31-5/h6-16,25H,17H2,1-5H3,(H,27,29)/t25-/m0/s1. The summed E-state index contributed by atoms with van der Waals surface area (Å²) in [6.45, 7) is 4.55. The third kappa shape index (κ3) is 5.44. The molecule has 0 saturated carbocycles. The summed E-state index contributed by atoms with van der Waals surface area (Å²) >= 11 is 0. The number of hydrogen-bond donors (Lipinski definition) is 1. The summed E-state index contributed by atoms with van der Waals surface area (Å²) in [6.07, 6.45) is 0. The summed E-state index contributed by atoms with van der Waals surface area (Å²) in [5.41, 5.74) is 4.88. The maximum absolute atomic E-state index is 13.5. The Morgan fingerprint density at radius 1 is 0.968 bits per heavy atom. The summed E-state index contributed by atoms with van der Waals surface area (Å²) in [4.78, 5) is 15.5. The van der Waals surface area contributed by atoms with Crippen LogP contribution in [0, 0.1) is 13.8 Å². The van der Waals surface area contributed by atoms with Gasteiger partial charge in [0.15, 0.2) is 0 Å². The molecule has 3 aromatic carbocycles. The summed E-state index contributed by atoms with van der Waals surface area (Å²) in [5, 5.41) is 3.13. The topological polar surface area (TPSA) is 50.8 Å². The molecule has 1 atom stereocenters. The zero-order valence-corrected chi connectivity index (χ0v) is 18.8. The quantitative estimate of drug-likeness (QED) is 0.551. The number of anilines is 1. The van der Waals surface area contributed by atoms with E-state index in [0.717, 1.165) is 39.4 Å². The molecular formula is C26H30N2O3. The highest BCUT2D eigenvalue weighted by molar-refractivity contribution is 5.96. The second-order valence-electron chi connectivity index (χ2n) is 7.71. The van der Waals surface area contributed by atoms with Crippen LogP contribution in [0.3, 0.4) is 0 Å². The maximum Gasteiger partial charge on any atom is 0.246 e. The van der Waals surface area contributed by atoms with Crippen LogP contribution < -0.4 is 14.8 Å². The normalized spacial score (nSPS) is 11.8. The zero-order chi connectivity index (χ0) is 22.4. The maximum atomic E-state index is 13.5. The second-order valence-corrected chi connectivity index (χ2v) is 7.71. The Bertz CT molecular complexity index is 1030. The first-order chi connectivity index (χ1) is 14.9. The van der Waals surface area contributed by atoms with Gasteiger partial charge in [0.2, 0.25) is 5.91 Å². The molecule has 0 aliphatic heterocycles. The fourth-order valence-corrected chi connectivity index (χ4v) is 3.66. The van der Waals surface area contributed by atoms with E-state index in [9.17, 15) is 4.79 Å². The molecule has 0 spiro atoms. The third-order valence-electron chi connectivity index (χ3n) is 5.37. The predicted molar refractivity (Wildman–Crippen MR) is 125 cm³/mol. The van der Waals surface area contributed by atoms with Gasteiger partial charge in [-0.1, -0.05) is 48.5 Å². The second kappa shape index (κ2) is 10.1. The van der Waals surface area contributed by atoms with E-state index in [2.05, 4.69) is 5.32 Å². The summed E-state index contributed by atoms with van der Waals surface area (Å²) in [7, 11) is 5.22. The van der Waals surface area contributed by atoms with E-state index in [-0.39, 0.29) is 5.91 Å². The monoisotopic (exact) mass is 418 g/mol. The number of nitrogens with zero attached hydrogens (tertiary/aromatic N) is 1. The van der Waals surface area contributed by atoms with Gasteiger partial charge in [-0.25, -0.2) is 0 Å². The van der Waals surface area contributed by atoms with Gasteiger partial charge in [0.05, 0.1) is 14.2 Å². The number of hydrogen-bond acceptors (Lipinski definition) is 4. The first-order valence-electron chi connectivity index (χ1n) is 10.3. The van der Waals surface area contributed by atoms with Crippen molar-refractivity contribution in [2.24, 2.45) is 0 Å². The van der Waals surface area contributed by atoms with E-state index in [1.807, 2.05) is 92.5 Å². The van der Waals surface area contributed by atoms with Gasteiger partial charge in [0.1, 0.15) is 17.5 Å². The van der Waals surface area contributed by atoms with Crippen molar-refractivity contribution < 1.29 is 14.3 Å². The van der Waals surface area contributed by atoms with E-state index in [0.29, 0.717) is 6.54 Å². The zero-order valence-electron chi connectivity index (χ0n) is 18.8. The Labute approximate surface area is 184 Å². The van der Waals surface area contributed by atoms with E-state index in [4.69, 9.17) is 9.47 Å². The Morgan fingerprint density at radius 2 is 1.71 bits per heavy atom. The summed E-state index contributed by atoms with van der Waals surface area (Å²) in [6, 6.07) is 21.2. The van der Waals surface area contributed by atoms with Crippen molar-refractivity contribution >= 4 is 11.6 Å². The van der Waals surface area contributed by atoms with Gasteiger partial charge >= 0.3 is 0 Å². The minimum Gasteiger partial charge on any atom is -0.497 e. The van der Waals surface area contributed by atoms with Crippen LogP contribution in [0.2, 0.25) is 0 Å². The number of amides is 1. The number of rotatable bonds is 8. The molecule has 31 heavy (non-hydrogen) atoms. The highest BCUT2D eigenvalue weighted by Crippen LogP contribution is 2.29. The third-order valence-corrected chi connectivity index (χ3v) is 5.37. The van der Waals surface area contributed by atoms with E-state index >= 15 is 0 Å². The molecule has 1 N–H and O–H groups in total. The molecule has 0 aliphatic rings. The van der Waals surface area contributed by atoms with Crippen LogP contribution in [0.15, 0.2) is 66.7 Å². The van der Waals surface area contributed by atoms with Crippen molar-refractivity contribution in [3.63, 3.8) is 0 Å². The van der Waals surface area contributed by atoms with Crippen molar-refractivity contribution in [3.8, 4) is 11.5 Å². The molecule has 0 unspecified atom stereocenters. The Balaban J connectivity index is 1.90. The molecule has 5 heteroatoms. The number of carbonyl (C=O) groups is 1. The van der Waals surface area contributed by atoms with Gasteiger partial charge in [-0.15, -0.1) is 0 Å². The molecular weight excluding hydrogens is 388 g/mol. The number of benzene rings is 3. The molecule has 1 amide bonds. The molecule has 0 aliphatic carbocycles. The molecule has 0 saturated heterocycles. The fraction of sp³-hybridized carbons (Fsp3) is 0.269. The van der Waals surface area contributed by atoms with Crippen LogP contribution >= 0.6 is 0 Å². The van der Waals surface area contributed by atoms with Gasteiger partial charge in [0, 0.05) is 23.9 Å². The number of nitrogens with one attached hydrogen (secondary N) is 1. The van der Waals surface area contributed by atoms with Crippen molar-refractivity contribution in [2.45, 2.75) is 26.4 Å². The first kappa shape index (κ1) is 22.4. The number of methoxy groups -OCH3 is 2. The Morgan fingerprint density at radius 3 is 2.39 bits per heavy atom. The van der Waals surface area contributed by atoms with Gasteiger partial charge in [-0.2, -0.15) is 0 Å². The summed E-state index contributed by atoms with van der Waals surface area (Å²) < 4.78 is 10.9. The van der Waals surface area contributed by atoms with Gasteiger partial charge in [0.25, 0.3) is 0 Å². The highest BCUT2D eigenvalue weighted by atomic mass is 16.5. The van der Waals surface area contributed by atoms with E-state index in [1.165, 1.54) is 0 Å². The minimum atomic E-state index is -0.465. The molecule has 3 aromatic rings. The molecule has 0 radical (unpaired) electrons. The number of likely N-dealkylation sites (N-methyl/N-ethyl adjacent to an activating group) is 1. The molecule has 162 valence electrons. The molecule has 0 aromatic heterocycles. The van der Waals surface area contributed by atoms with Crippen molar-refractivity contribution in [1.82, 2.24) is 4.90 Å². The largest absolute Gasteiger partial charge is 0.497 e. The van der Waals surface area contributed by atoms with Gasteiger partial charge in [-0.05, 0) is 49.7 Å². The fourth-order valence-electron chi connectivity index (χ4n) is 3.66. The number of ether oxygens (including phenoxy) is 2. The van der Waals surface area contributed by atoms with Crippen LogP contribution in [0.4, 0.5) is 5.69 Å². The lowest BCUT2D eigenvalue weighted by Gasteiger charge is -2.28. The van der Waals surface area contributed by atoms with E-state index < -0.39 is 6.04 Å². The summed E-state index contributed by atoms with van der Waals surface area (Å²) in [5.74, 6) is 1.39. The van der Waals surface area contributed by atoms with Gasteiger partial charge in [-0.3, -0.25) is 9.69 Å². The van der Waals surface area contributed by atoms with Crippen LogP contribution in [-0.2, 0) is 11.3 Å². The van der Waals surface area contributed by atoms with E-state index in [1.54, 1.807) is 14.2 Å². The Kier molecular flexibility index (Phi) is 7.32. The average Bonchev–Trinajstić information content (AvgIpc) is 2.77. The molecule has 3 rings (SSSR count). The van der Waals surface area contributed by atoms with Crippen LogP contribution in [0.25, 0.3) is 0 Å². The van der Waals surface area contributed by atoms with Crippen LogP contribution in [-0.4, -0.2) is 32.1 Å². The molecule has 0 bridgehead atoms. The smallest absolute Gasteiger partial charge is 0.246 e. The average molecular weight is 419 g/mol. The highest BCUT2D eigenvalue weighted by Gasteiger charge is 2.26. The van der Waals surface area contributed by atoms with Crippen LogP contribution in [0.5, 0.6) is 11.5 Å². The minimum absolute atomic E-state index is 0.0742. The number of aryl methyl sites for hydroxylation is 2. The van der Waals surface area contributed by atoms with Crippen molar-refractivity contribution in [1.29, 1.82) is 0 Å². The molecule has 5 nitrogen and oxygen atoms in total. The van der Waals surface area contributed by atoms with Crippen molar-refractivity contribution in [3.05, 3.63) is 89.0 Å². The molecule has 0 fully saturated rings. The first-order valence-corrected chi connectivity index (χ1v) is 10.3.